The normalized spacial score (nSPS) is 12.7. The van der Waals surface area contributed by atoms with Crippen LogP contribution < -0.4 is 5.46 Å². The lowest BCUT2D eigenvalue weighted by atomic mass is 9.84. The number of rotatable bonds is 6. The Morgan fingerprint density at radius 3 is 2.69 bits per heavy atom. The lowest BCUT2D eigenvalue weighted by molar-refractivity contribution is -0.0883. The van der Waals surface area contributed by atoms with Gasteiger partial charge in [-0.1, -0.05) is 36.1 Å². The Hall–Kier alpha value is -0.795. The fourth-order valence-corrected chi connectivity index (χ4v) is 1.76. The highest BCUT2D eigenvalue weighted by atomic mass is 16.7. The van der Waals surface area contributed by atoms with Crippen molar-refractivity contribution in [1.29, 1.82) is 0 Å². The molecule has 0 fully saturated rings. The fraction of sp³-hybridized carbons (Fsp3) is 0.538. The molecule has 0 amide bonds. The highest BCUT2D eigenvalue weighted by Gasteiger charge is 2.12. The van der Waals surface area contributed by atoms with Crippen molar-refractivity contribution in [3.8, 4) is 0 Å². The molecule has 0 aliphatic carbocycles. The fourth-order valence-electron chi connectivity index (χ4n) is 1.76. The van der Waals surface area contributed by atoms with Crippen LogP contribution in [0.15, 0.2) is 18.2 Å². The third-order valence-corrected chi connectivity index (χ3v) is 2.92. The van der Waals surface area contributed by atoms with E-state index < -0.39 is 0 Å². The number of ether oxygens (including phenoxy) is 2. The molecule has 1 rings (SSSR count). The molecule has 0 aliphatic heterocycles. The molecule has 1 aromatic rings. The van der Waals surface area contributed by atoms with E-state index in [1.54, 1.807) is 0 Å². The van der Waals surface area contributed by atoms with E-state index in [-0.39, 0.29) is 6.10 Å². The molecule has 0 spiro atoms. The van der Waals surface area contributed by atoms with Crippen molar-refractivity contribution in [3.05, 3.63) is 29.3 Å². The summed E-state index contributed by atoms with van der Waals surface area (Å²) in [4.78, 5) is 0. The number of hydrogen-bond acceptors (Lipinski definition) is 2. The average Bonchev–Trinajstić information content (AvgIpc) is 2.29. The highest BCUT2D eigenvalue weighted by molar-refractivity contribution is 6.34. The quantitative estimate of drug-likeness (QED) is 0.413. The largest absolute Gasteiger partial charge is 0.356 e. The molecule has 0 aliphatic rings. The average molecular weight is 220 g/mol. The van der Waals surface area contributed by atoms with Crippen LogP contribution in [-0.4, -0.2) is 21.2 Å². The molecule has 0 bridgehead atoms. The lowest BCUT2D eigenvalue weighted by Gasteiger charge is -2.19. The van der Waals surface area contributed by atoms with Crippen LogP contribution >= 0.6 is 0 Å². The van der Waals surface area contributed by atoms with Crippen molar-refractivity contribution in [2.24, 2.45) is 0 Å². The predicted molar refractivity (Wildman–Crippen MR) is 70.0 cm³/mol. The first-order chi connectivity index (χ1) is 7.70. The van der Waals surface area contributed by atoms with E-state index in [4.69, 9.17) is 9.47 Å². The van der Waals surface area contributed by atoms with Crippen molar-refractivity contribution in [2.75, 3.05) is 13.4 Å². The predicted octanol–water partition coefficient (Wildman–Crippen LogP) is 1.72. The van der Waals surface area contributed by atoms with E-state index in [1.165, 1.54) is 16.6 Å². The Bertz CT molecular complexity index is 326. The summed E-state index contributed by atoms with van der Waals surface area (Å²) in [6.45, 7) is 7.32. The second-order valence-corrected chi connectivity index (χ2v) is 3.96. The van der Waals surface area contributed by atoms with Gasteiger partial charge in [-0.3, -0.25) is 0 Å². The number of aryl methyl sites for hydroxylation is 1. The van der Waals surface area contributed by atoms with Crippen molar-refractivity contribution >= 4 is 13.3 Å². The number of hydrogen-bond donors (Lipinski definition) is 0. The van der Waals surface area contributed by atoms with Crippen LogP contribution in [0.5, 0.6) is 0 Å². The molecule has 3 heteroatoms. The van der Waals surface area contributed by atoms with Gasteiger partial charge in [-0.05, 0) is 25.8 Å². The van der Waals surface area contributed by atoms with Crippen molar-refractivity contribution < 1.29 is 9.47 Å². The van der Waals surface area contributed by atoms with Gasteiger partial charge in [0.2, 0.25) is 0 Å². The van der Waals surface area contributed by atoms with Crippen LogP contribution in [0.25, 0.3) is 0 Å². The molecular weight excluding hydrogens is 199 g/mol. The van der Waals surface area contributed by atoms with Crippen LogP contribution in [-0.2, 0) is 9.47 Å². The molecule has 0 aromatic heterocycles. The molecule has 0 N–H and O–H groups in total. The van der Waals surface area contributed by atoms with E-state index in [9.17, 15) is 0 Å². The van der Waals surface area contributed by atoms with Crippen LogP contribution in [0.2, 0.25) is 0 Å². The molecule has 16 heavy (non-hydrogen) atoms. The number of benzene rings is 1. The Labute approximate surface area is 99.4 Å². The van der Waals surface area contributed by atoms with Gasteiger partial charge in [0.05, 0.1) is 6.10 Å². The second kappa shape index (κ2) is 6.72. The van der Waals surface area contributed by atoms with Crippen LogP contribution in [0.1, 0.15) is 37.5 Å². The van der Waals surface area contributed by atoms with Gasteiger partial charge in [0.15, 0.2) is 0 Å². The molecule has 0 saturated carbocycles. The monoisotopic (exact) mass is 220 g/mol. The zero-order chi connectivity index (χ0) is 12.0. The van der Waals surface area contributed by atoms with E-state index in [0.717, 1.165) is 6.42 Å². The summed E-state index contributed by atoms with van der Waals surface area (Å²) in [5.41, 5.74) is 3.92. The minimum absolute atomic E-state index is 0.145. The highest BCUT2D eigenvalue weighted by Crippen LogP contribution is 2.19. The van der Waals surface area contributed by atoms with E-state index >= 15 is 0 Å². The molecule has 2 nitrogen and oxygen atoms in total. The summed E-state index contributed by atoms with van der Waals surface area (Å²) < 4.78 is 11.0. The van der Waals surface area contributed by atoms with Gasteiger partial charge in [-0.2, -0.15) is 0 Å². The zero-order valence-corrected chi connectivity index (χ0v) is 10.7. The zero-order valence-electron chi connectivity index (χ0n) is 10.7. The third kappa shape index (κ3) is 3.36. The maximum atomic E-state index is 5.73. The minimum atomic E-state index is 0.145. The second-order valence-electron chi connectivity index (χ2n) is 3.96. The van der Waals surface area contributed by atoms with Crippen molar-refractivity contribution in [2.45, 2.75) is 33.3 Å². The molecule has 88 valence electrons. The maximum Gasteiger partial charge on any atom is 0.147 e. The first kappa shape index (κ1) is 13.3. The summed E-state index contributed by atoms with van der Waals surface area (Å²) in [6, 6.07) is 6.36. The first-order valence-electron chi connectivity index (χ1n) is 5.96. The molecule has 1 atom stereocenters. The first-order valence-corrected chi connectivity index (χ1v) is 5.96. The standard InChI is InChI=1S/C13H21BO2/c1-4-12(16-9-15-5-2)11-8-6-7-10(3)13(11)14/h6-8,12H,4-5,9,14H2,1-3H3/t12-/m1/s1. The Kier molecular flexibility index (Phi) is 5.57. The summed E-state index contributed by atoms with van der Waals surface area (Å²) in [5.74, 6) is 0. The van der Waals surface area contributed by atoms with E-state index in [2.05, 4.69) is 39.9 Å². The molecule has 0 saturated heterocycles. The SMILES string of the molecule is Bc1c(C)cccc1[C@@H](CC)OCOCC. The van der Waals surface area contributed by atoms with Gasteiger partial charge in [-0.15, -0.1) is 0 Å². The van der Waals surface area contributed by atoms with Crippen LogP contribution in [0.3, 0.4) is 0 Å². The molecule has 1 aromatic carbocycles. The Balaban J connectivity index is 2.74. The summed E-state index contributed by atoms with van der Waals surface area (Å²) in [6.07, 6.45) is 1.11. The molecular formula is C13H21BO2. The minimum Gasteiger partial charge on any atom is -0.356 e. The van der Waals surface area contributed by atoms with Crippen LogP contribution in [0, 0.1) is 6.92 Å². The van der Waals surface area contributed by atoms with E-state index in [0.29, 0.717) is 13.4 Å². The summed E-state index contributed by atoms with van der Waals surface area (Å²) >= 11 is 0. The van der Waals surface area contributed by atoms with Gasteiger partial charge in [-0.25, -0.2) is 0 Å². The molecule has 0 radical (unpaired) electrons. The molecule has 0 unspecified atom stereocenters. The van der Waals surface area contributed by atoms with Gasteiger partial charge in [0, 0.05) is 6.61 Å². The summed E-state index contributed by atoms with van der Waals surface area (Å²) in [5, 5.41) is 0. The van der Waals surface area contributed by atoms with Gasteiger partial charge in [0.25, 0.3) is 0 Å². The third-order valence-electron chi connectivity index (χ3n) is 2.92. The van der Waals surface area contributed by atoms with Crippen molar-refractivity contribution in [3.63, 3.8) is 0 Å². The maximum absolute atomic E-state index is 5.73. The van der Waals surface area contributed by atoms with Gasteiger partial charge < -0.3 is 9.47 Å². The van der Waals surface area contributed by atoms with Gasteiger partial charge in [0.1, 0.15) is 14.6 Å². The topological polar surface area (TPSA) is 18.5 Å². The lowest BCUT2D eigenvalue weighted by Crippen LogP contribution is -2.19. The smallest absolute Gasteiger partial charge is 0.147 e. The van der Waals surface area contributed by atoms with Gasteiger partial charge >= 0.3 is 0 Å². The van der Waals surface area contributed by atoms with Crippen LogP contribution in [0.4, 0.5) is 0 Å². The molecule has 0 heterocycles. The van der Waals surface area contributed by atoms with E-state index in [1.807, 2.05) is 6.92 Å². The summed E-state index contributed by atoms with van der Waals surface area (Å²) in [7, 11) is 2.15. The Morgan fingerprint density at radius 2 is 2.06 bits per heavy atom. The van der Waals surface area contributed by atoms with Crippen molar-refractivity contribution in [1.82, 2.24) is 0 Å². The Morgan fingerprint density at radius 1 is 1.31 bits per heavy atom.